The van der Waals surface area contributed by atoms with Crippen molar-refractivity contribution in [3.63, 3.8) is 0 Å². The SMILES string of the molecule is O=C(O)C=C(C(=O)S)c1ccccc1. The molecule has 14 heavy (non-hydrogen) atoms. The predicted octanol–water partition coefficient (Wildman–Crippen LogP) is 1.61. The van der Waals surface area contributed by atoms with Crippen LogP contribution in [0.1, 0.15) is 5.56 Å². The number of carboxylic acids is 1. The molecule has 0 heterocycles. The zero-order valence-electron chi connectivity index (χ0n) is 7.18. The van der Waals surface area contributed by atoms with Crippen LogP contribution in [0.15, 0.2) is 36.4 Å². The number of carbonyl (C=O) groups excluding carboxylic acids is 1. The molecule has 72 valence electrons. The Morgan fingerprint density at radius 1 is 1.21 bits per heavy atom. The molecular weight excluding hydrogens is 200 g/mol. The first-order chi connectivity index (χ1) is 6.61. The molecule has 1 rings (SSSR count). The van der Waals surface area contributed by atoms with E-state index < -0.39 is 11.1 Å². The van der Waals surface area contributed by atoms with Crippen LogP contribution >= 0.6 is 12.6 Å². The standard InChI is InChI=1S/C10H8O3S/c11-9(12)6-8(10(13)14)7-4-2-1-3-5-7/h1-6H,(H,11,12)(H,13,14). The first kappa shape index (κ1) is 10.5. The molecule has 0 spiro atoms. The van der Waals surface area contributed by atoms with Crippen LogP contribution in [0, 0.1) is 0 Å². The summed E-state index contributed by atoms with van der Waals surface area (Å²) < 4.78 is 0. The van der Waals surface area contributed by atoms with Gasteiger partial charge in [-0.15, -0.1) is 12.6 Å². The number of hydrogen-bond donors (Lipinski definition) is 2. The van der Waals surface area contributed by atoms with Gasteiger partial charge in [0.25, 0.3) is 0 Å². The molecule has 0 aliphatic heterocycles. The molecule has 4 heteroatoms. The van der Waals surface area contributed by atoms with Crippen LogP contribution in [0.2, 0.25) is 0 Å². The second-order valence-corrected chi connectivity index (χ2v) is 2.97. The van der Waals surface area contributed by atoms with E-state index in [4.69, 9.17) is 5.11 Å². The van der Waals surface area contributed by atoms with E-state index in [-0.39, 0.29) is 5.57 Å². The van der Waals surface area contributed by atoms with Crippen molar-refractivity contribution in [2.24, 2.45) is 0 Å². The Balaban J connectivity index is 3.14. The minimum absolute atomic E-state index is 0.0847. The highest BCUT2D eigenvalue weighted by Crippen LogP contribution is 2.16. The molecule has 0 radical (unpaired) electrons. The maximum absolute atomic E-state index is 11.0. The maximum atomic E-state index is 11.0. The minimum Gasteiger partial charge on any atom is -0.478 e. The Morgan fingerprint density at radius 2 is 1.79 bits per heavy atom. The quantitative estimate of drug-likeness (QED) is 0.586. The van der Waals surface area contributed by atoms with Gasteiger partial charge < -0.3 is 5.11 Å². The fourth-order valence-electron chi connectivity index (χ4n) is 1.01. The van der Waals surface area contributed by atoms with E-state index in [1.54, 1.807) is 30.3 Å². The molecule has 0 saturated heterocycles. The Labute approximate surface area is 86.5 Å². The Hall–Kier alpha value is -1.55. The van der Waals surface area contributed by atoms with Crippen molar-refractivity contribution in [3.05, 3.63) is 42.0 Å². The van der Waals surface area contributed by atoms with Crippen molar-refractivity contribution >= 4 is 29.3 Å². The molecule has 0 aromatic heterocycles. The molecule has 0 fully saturated rings. The van der Waals surface area contributed by atoms with E-state index >= 15 is 0 Å². The van der Waals surface area contributed by atoms with Crippen molar-refractivity contribution in [2.75, 3.05) is 0 Å². The smallest absolute Gasteiger partial charge is 0.329 e. The second kappa shape index (κ2) is 4.62. The molecule has 0 aliphatic carbocycles. The first-order valence-electron chi connectivity index (χ1n) is 3.84. The van der Waals surface area contributed by atoms with E-state index in [2.05, 4.69) is 12.6 Å². The molecule has 0 saturated carbocycles. The van der Waals surface area contributed by atoms with Crippen LogP contribution in [0.25, 0.3) is 5.57 Å². The van der Waals surface area contributed by atoms with Gasteiger partial charge in [0.2, 0.25) is 5.12 Å². The zero-order valence-corrected chi connectivity index (χ0v) is 8.07. The number of benzene rings is 1. The molecule has 0 aliphatic rings. The Morgan fingerprint density at radius 3 is 2.21 bits per heavy atom. The summed E-state index contributed by atoms with van der Waals surface area (Å²) in [5.41, 5.74) is 0.635. The van der Waals surface area contributed by atoms with Gasteiger partial charge in [-0.3, -0.25) is 4.79 Å². The van der Waals surface area contributed by atoms with E-state index in [0.29, 0.717) is 5.56 Å². The van der Waals surface area contributed by atoms with Crippen LogP contribution in [0.3, 0.4) is 0 Å². The third-order valence-electron chi connectivity index (χ3n) is 1.58. The van der Waals surface area contributed by atoms with Gasteiger partial charge in [0, 0.05) is 11.6 Å². The number of thiol groups is 1. The molecule has 3 nitrogen and oxygen atoms in total. The Kier molecular flexibility index (Phi) is 3.48. The van der Waals surface area contributed by atoms with Gasteiger partial charge in [-0.25, -0.2) is 4.79 Å². The number of hydrogen-bond acceptors (Lipinski definition) is 2. The lowest BCUT2D eigenvalue weighted by atomic mass is 10.1. The van der Waals surface area contributed by atoms with Gasteiger partial charge in [0.05, 0.1) is 0 Å². The normalized spacial score (nSPS) is 11.1. The fraction of sp³-hybridized carbons (Fsp3) is 0. The number of carboxylic acid groups (broad SMARTS) is 1. The monoisotopic (exact) mass is 208 g/mol. The van der Waals surface area contributed by atoms with Crippen molar-refractivity contribution in [2.45, 2.75) is 0 Å². The molecule has 0 amide bonds. The van der Waals surface area contributed by atoms with Crippen molar-refractivity contribution in [3.8, 4) is 0 Å². The van der Waals surface area contributed by atoms with Gasteiger partial charge in [-0.1, -0.05) is 30.3 Å². The summed E-state index contributed by atoms with van der Waals surface area (Å²) in [4.78, 5) is 21.4. The molecule has 1 N–H and O–H groups in total. The van der Waals surface area contributed by atoms with Crippen molar-refractivity contribution < 1.29 is 14.7 Å². The number of aliphatic carboxylic acids is 1. The lowest BCUT2D eigenvalue weighted by Gasteiger charge is -2.00. The lowest BCUT2D eigenvalue weighted by molar-refractivity contribution is -0.131. The van der Waals surface area contributed by atoms with E-state index in [9.17, 15) is 9.59 Å². The summed E-state index contributed by atoms with van der Waals surface area (Å²) in [6, 6.07) is 8.54. The molecule has 0 atom stereocenters. The lowest BCUT2D eigenvalue weighted by Crippen LogP contribution is -1.98. The minimum atomic E-state index is -1.16. The molecule has 1 aromatic carbocycles. The highest BCUT2D eigenvalue weighted by atomic mass is 32.1. The van der Waals surface area contributed by atoms with Crippen molar-refractivity contribution in [1.29, 1.82) is 0 Å². The van der Waals surface area contributed by atoms with Crippen LogP contribution in [0.5, 0.6) is 0 Å². The summed E-state index contributed by atoms with van der Waals surface area (Å²) in [6.07, 6.45) is 0.852. The van der Waals surface area contributed by atoms with Gasteiger partial charge in [0.1, 0.15) is 0 Å². The Bertz CT molecular complexity index is 382. The predicted molar refractivity (Wildman–Crippen MR) is 56.0 cm³/mol. The molecule has 0 bridgehead atoms. The number of rotatable bonds is 3. The van der Waals surface area contributed by atoms with Gasteiger partial charge in [0.15, 0.2) is 0 Å². The topological polar surface area (TPSA) is 54.4 Å². The molecular formula is C10H8O3S. The summed E-state index contributed by atoms with van der Waals surface area (Å²) >= 11 is 3.61. The van der Waals surface area contributed by atoms with Gasteiger partial charge in [-0.05, 0) is 5.56 Å². The van der Waals surface area contributed by atoms with Crippen LogP contribution in [-0.4, -0.2) is 16.2 Å². The van der Waals surface area contributed by atoms with Crippen LogP contribution in [-0.2, 0) is 9.59 Å². The summed E-state index contributed by atoms with van der Waals surface area (Å²) in [5.74, 6) is -1.16. The van der Waals surface area contributed by atoms with E-state index in [0.717, 1.165) is 6.08 Å². The number of carbonyl (C=O) groups is 2. The highest BCUT2D eigenvalue weighted by molar-refractivity contribution is 7.98. The average Bonchev–Trinajstić information content (AvgIpc) is 2.15. The van der Waals surface area contributed by atoms with Gasteiger partial charge in [-0.2, -0.15) is 0 Å². The highest BCUT2D eigenvalue weighted by Gasteiger charge is 2.08. The van der Waals surface area contributed by atoms with Crippen LogP contribution in [0.4, 0.5) is 0 Å². The average molecular weight is 208 g/mol. The summed E-state index contributed by atoms with van der Waals surface area (Å²) in [7, 11) is 0. The van der Waals surface area contributed by atoms with E-state index in [1.807, 2.05) is 0 Å². The third kappa shape index (κ3) is 2.74. The molecule has 1 aromatic rings. The van der Waals surface area contributed by atoms with E-state index in [1.165, 1.54) is 0 Å². The zero-order chi connectivity index (χ0) is 10.6. The van der Waals surface area contributed by atoms with Crippen LogP contribution < -0.4 is 0 Å². The third-order valence-corrected chi connectivity index (χ3v) is 1.82. The van der Waals surface area contributed by atoms with Gasteiger partial charge >= 0.3 is 5.97 Å². The largest absolute Gasteiger partial charge is 0.478 e. The van der Waals surface area contributed by atoms with Crippen molar-refractivity contribution in [1.82, 2.24) is 0 Å². The first-order valence-corrected chi connectivity index (χ1v) is 4.29. The second-order valence-electron chi connectivity index (χ2n) is 2.57. The maximum Gasteiger partial charge on any atom is 0.329 e. The summed E-state index contributed by atoms with van der Waals surface area (Å²) in [6.45, 7) is 0. The fourth-order valence-corrected chi connectivity index (χ4v) is 1.20. The molecule has 0 unspecified atom stereocenters. The summed E-state index contributed by atoms with van der Waals surface area (Å²) in [5, 5.41) is 7.97.